The van der Waals surface area contributed by atoms with Crippen molar-refractivity contribution in [1.82, 2.24) is 4.90 Å². The second-order valence-electron chi connectivity index (χ2n) is 5.38. The number of morpholine rings is 1. The fourth-order valence-electron chi connectivity index (χ4n) is 3.40. The summed E-state index contributed by atoms with van der Waals surface area (Å²) in [6.07, 6.45) is 10.4. The van der Waals surface area contributed by atoms with E-state index in [-0.39, 0.29) is 0 Å². The van der Waals surface area contributed by atoms with Crippen LogP contribution in [0.2, 0.25) is 0 Å². The summed E-state index contributed by atoms with van der Waals surface area (Å²) in [6, 6.07) is 0.353. The number of fused-ring (bicyclic) bond motifs is 1. The van der Waals surface area contributed by atoms with E-state index in [2.05, 4.69) is 11.0 Å². The van der Waals surface area contributed by atoms with Gasteiger partial charge in [-0.05, 0) is 32.1 Å². The van der Waals surface area contributed by atoms with Crippen molar-refractivity contribution in [2.24, 2.45) is 0 Å². The molecule has 2 aliphatic carbocycles. The molecule has 0 N–H and O–H groups in total. The minimum Gasteiger partial charge on any atom is -0.374 e. The van der Waals surface area contributed by atoms with Crippen molar-refractivity contribution in [1.29, 1.82) is 0 Å². The maximum atomic E-state index is 12.5. The molecule has 1 heterocycles. The van der Waals surface area contributed by atoms with Crippen molar-refractivity contribution < 1.29 is 9.53 Å². The average molecular weight is 235 g/mol. The van der Waals surface area contributed by atoms with Crippen LogP contribution in [0.5, 0.6) is 0 Å². The van der Waals surface area contributed by atoms with E-state index in [0.717, 1.165) is 50.8 Å². The standard InChI is InChI=1S/C14H21NO2/c16-14(11-5-1-2-6-11)15-9-10-17-13-8-4-3-7-12(13)15/h5,12-13H,1-4,6-10H2. The van der Waals surface area contributed by atoms with Gasteiger partial charge in [-0.3, -0.25) is 4.79 Å². The first-order chi connectivity index (χ1) is 8.36. The van der Waals surface area contributed by atoms with E-state index >= 15 is 0 Å². The van der Waals surface area contributed by atoms with Gasteiger partial charge in [-0.25, -0.2) is 0 Å². The van der Waals surface area contributed by atoms with E-state index in [9.17, 15) is 4.79 Å². The molecule has 2 fully saturated rings. The molecule has 0 aromatic carbocycles. The zero-order valence-corrected chi connectivity index (χ0v) is 10.4. The minimum absolute atomic E-state index is 0.294. The van der Waals surface area contributed by atoms with Gasteiger partial charge in [0.15, 0.2) is 0 Å². The number of carbonyl (C=O) groups is 1. The third-order valence-corrected chi connectivity index (χ3v) is 4.31. The molecule has 0 radical (unpaired) electrons. The van der Waals surface area contributed by atoms with Gasteiger partial charge in [0.2, 0.25) is 5.91 Å². The topological polar surface area (TPSA) is 29.5 Å². The molecule has 1 saturated heterocycles. The summed E-state index contributed by atoms with van der Waals surface area (Å²) >= 11 is 0. The molecule has 17 heavy (non-hydrogen) atoms. The molecule has 0 aromatic heterocycles. The van der Waals surface area contributed by atoms with E-state index in [1.54, 1.807) is 0 Å². The summed E-state index contributed by atoms with van der Waals surface area (Å²) in [5.74, 6) is 0.294. The van der Waals surface area contributed by atoms with Crippen molar-refractivity contribution >= 4 is 5.91 Å². The number of hydrogen-bond donors (Lipinski definition) is 0. The quantitative estimate of drug-likeness (QED) is 0.697. The molecular weight excluding hydrogens is 214 g/mol. The van der Waals surface area contributed by atoms with Crippen LogP contribution in [0.15, 0.2) is 11.6 Å². The average Bonchev–Trinajstić information content (AvgIpc) is 2.91. The van der Waals surface area contributed by atoms with Crippen molar-refractivity contribution in [2.45, 2.75) is 57.1 Å². The largest absolute Gasteiger partial charge is 0.374 e. The van der Waals surface area contributed by atoms with Crippen LogP contribution < -0.4 is 0 Å². The number of allylic oxidation sites excluding steroid dienone is 1. The first-order valence-electron chi connectivity index (χ1n) is 6.98. The first-order valence-corrected chi connectivity index (χ1v) is 6.98. The lowest BCUT2D eigenvalue weighted by molar-refractivity contribution is -0.145. The van der Waals surface area contributed by atoms with Gasteiger partial charge in [0, 0.05) is 12.1 Å². The van der Waals surface area contributed by atoms with Gasteiger partial charge in [-0.15, -0.1) is 0 Å². The number of rotatable bonds is 1. The van der Waals surface area contributed by atoms with E-state index in [1.165, 1.54) is 12.8 Å². The maximum Gasteiger partial charge on any atom is 0.249 e. The third-order valence-electron chi connectivity index (χ3n) is 4.31. The number of amides is 1. The SMILES string of the molecule is O=C(C1=CCCC1)N1CCOC2CCCCC21. The normalized spacial score (nSPS) is 33.2. The molecule has 3 nitrogen and oxygen atoms in total. The number of hydrogen-bond acceptors (Lipinski definition) is 2. The van der Waals surface area contributed by atoms with Crippen LogP contribution in [0, 0.1) is 0 Å². The van der Waals surface area contributed by atoms with Gasteiger partial charge in [0.05, 0.1) is 18.8 Å². The highest BCUT2D eigenvalue weighted by molar-refractivity contribution is 5.94. The van der Waals surface area contributed by atoms with Crippen LogP contribution in [0.1, 0.15) is 44.9 Å². The van der Waals surface area contributed by atoms with Crippen molar-refractivity contribution in [3.05, 3.63) is 11.6 Å². The molecule has 94 valence electrons. The maximum absolute atomic E-state index is 12.5. The Morgan fingerprint density at radius 2 is 2.18 bits per heavy atom. The predicted molar refractivity (Wildman–Crippen MR) is 65.6 cm³/mol. The molecule has 2 unspecified atom stereocenters. The number of carbonyl (C=O) groups excluding carboxylic acids is 1. The summed E-state index contributed by atoms with van der Waals surface area (Å²) in [7, 11) is 0. The Labute approximate surface area is 103 Å². The van der Waals surface area contributed by atoms with Crippen LogP contribution in [-0.4, -0.2) is 36.1 Å². The first kappa shape index (κ1) is 11.3. The smallest absolute Gasteiger partial charge is 0.249 e. The fourth-order valence-corrected chi connectivity index (χ4v) is 3.40. The van der Waals surface area contributed by atoms with Gasteiger partial charge in [0.1, 0.15) is 0 Å². The lowest BCUT2D eigenvalue weighted by atomic mass is 9.89. The van der Waals surface area contributed by atoms with Crippen LogP contribution in [0.3, 0.4) is 0 Å². The molecule has 3 rings (SSSR count). The zero-order valence-electron chi connectivity index (χ0n) is 10.4. The summed E-state index contributed by atoms with van der Waals surface area (Å²) < 4.78 is 5.81. The monoisotopic (exact) mass is 235 g/mol. The van der Waals surface area contributed by atoms with Gasteiger partial charge in [0.25, 0.3) is 0 Å². The second-order valence-corrected chi connectivity index (χ2v) is 5.38. The van der Waals surface area contributed by atoms with Crippen LogP contribution in [-0.2, 0) is 9.53 Å². The Balaban J connectivity index is 1.74. The summed E-state index contributed by atoms with van der Waals surface area (Å²) in [4.78, 5) is 14.6. The Hall–Kier alpha value is -0.830. The van der Waals surface area contributed by atoms with Crippen LogP contribution in [0.25, 0.3) is 0 Å². The Morgan fingerprint density at radius 3 is 3.00 bits per heavy atom. The fraction of sp³-hybridized carbons (Fsp3) is 0.786. The molecule has 0 bridgehead atoms. The summed E-state index contributed by atoms with van der Waals surface area (Å²) in [5, 5.41) is 0. The highest BCUT2D eigenvalue weighted by atomic mass is 16.5. The van der Waals surface area contributed by atoms with Gasteiger partial charge in [-0.1, -0.05) is 18.9 Å². The van der Waals surface area contributed by atoms with E-state index in [1.807, 2.05) is 0 Å². The van der Waals surface area contributed by atoms with E-state index in [0.29, 0.717) is 18.1 Å². The Morgan fingerprint density at radius 1 is 1.29 bits per heavy atom. The van der Waals surface area contributed by atoms with Crippen molar-refractivity contribution in [3.63, 3.8) is 0 Å². The van der Waals surface area contributed by atoms with Gasteiger partial charge >= 0.3 is 0 Å². The number of nitrogens with zero attached hydrogens (tertiary/aromatic N) is 1. The molecule has 1 amide bonds. The third kappa shape index (κ3) is 2.13. The summed E-state index contributed by atoms with van der Waals surface area (Å²) in [5.41, 5.74) is 1.05. The zero-order chi connectivity index (χ0) is 11.7. The lowest BCUT2D eigenvalue weighted by Crippen LogP contribution is -2.55. The van der Waals surface area contributed by atoms with Crippen LogP contribution in [0.4, 0.5) is 0 Å². The second kappa shape index (κ2) is 4.81. The Bertz CT molecular complexity index is 335. The van der Waals surface area contributed by atoms with Crippen molar-refractivity contribution in [3.8, 4) is 0 Å². The lowest BCUT2D eigenvalue weighted by Gasteiger charge is -2.44. The predicted octanol–water partition coefficient (Wildman–Crippen LogP) is 2.27. The molecule has 1 saturated carbocycles. The molecular formula is C14H21NO2. The highest BCUT2D eigenvalue weighted by Crippen LogP contribution is 2.30. The molecule has 0 aromatic rings. The Kier molecular flexibility index (Phi) is 3.19. The summed E-state index contributed by atoms with van der Waals surface area (Å²) in [6.45, 7) is 1.51. The molecule has 3 heteroatoms. The molecule has 1 aliphatic heterocycles. The van der Waals surface area contributed by atoms with E-state index < -0.39 is 0 Å². The molecule has 3 aliphatic rings. The van der Waals surface area contributed by atoms with E-state index in [4.69, 9.17) is 4.74 Å². The molecule has 2 atom stereocenters. The number of ether oxygens (including phenoxy) is 1. The molecule has 0 spiro atoms. The van der Waals surface area contributed by atoms with Gasteiger partial charge in [-0.2, -0.15) is 0 Å². The highest BCUT2D eigenvalue weighted by Gasteiger charge is 2.37. The van der Waals surface area contributed by atoms with Crippen LogP contribution >= 0.6 is 0 Å². The van der Waals surface area contributed by atoms with Crippen molar-refractivity contribution in [2.75, 3.05) is 13.2 Å². The van der Waals surface area contributed by atoms with Gasteiger partial charge < -0.3 is 9.64 Å². The minimum atomic E-state index is 0.294.